The highest BCUT2D eigenvalue weighted by Crippen LogP contribution is 2.37. The van der Waals surface area contributed by atoms with Gasteiger partial charge in [0.05, 0.1) is 23.4 Å². The summed E-state index contributed by atoms with van der Waals surface area (Å²) in [6.07, 6.45) is 9.19. The van der Waals surface area contributed by atoms with Crippen molar-refractivity contribution in [2.75, 3.05) is 17.2 Å². The molecule has 0 radical (unpaired) electrons. The summed E-state index contributed by atoms with van der Waals surface area (Å²) in [6.45, 7) is 0.812. The molecule has 0 amide bonds. The van der Waals surface area contributed by atoms with E-state index in [0.29, 0.717) is 18.0 Å². The molecule has 7 heteroatoms. The Morgan fingerprint density at radius 2 is 1.68 bits per heavy atom. The summed E-state index contributed by atoms with van der Waals surface area (Å²) in [5.41, 5.74) is 4.89. The predicted molar refractivity (Wildman–Crippen MR) is 133 cm³/mol. The van der Waals surface area contributed by atoms with E-state index in [4.69, 9.17) is 14.8 Å². The molecule has 0 aliphatic heterocycles. The summed E-state index contributed by atoms with van der Waals surface area (Å²) in [6, 6.07) is 17.6. The number of rotatable bonds is 9. The second kappa shape index (κ2) is 8.01. The summed E-state index contributed by atoms with van der Waals surface area (Å²) >= 11 is 0. The lowest BCUT2D eigenvalue weighted by molar-refractivity contribution is 0.300. The molecule has 0 spiro atoms. The van der Waals surface area contributed by atoms with Gasteiger partial charge in [0, 0.05) is 23.8 Å². The molecule has 7 nitrogen and oxygen atoms in total. The molecule has 172 valence electrons. The standard InChI is InChI=1S/C27H28N6O/c1-2-23-25(22-14-15-28-27(31-22)30-20-10-11-20)26(32-33(23)24(3-1)29-19-8-9-19)18-6-12-21(13-7-18)34-16-17-4-5-17/h1-3,6-7,12-15,17,19-20,29H,4-5,8-11,16H2,(H,28,30,31). The molecule has 7 rings (SSSR count). The third kappa shape index (κ3) is 4.06. The van der Waals surface area contributed by atoms with Crippen molar-refractivity contribution < 1.29 is 4.74 Å². The number of fused-ring (bicyclic) bond motifs is 1. The second-order valence-corrected chi connectivity index (χ2v) is 9.81. The lowest BCUT2D eigenvalue weighted by Gasteiger charge is -2.08. The molecule has 4 aromatic rings. The van der Waals surface area contributed by atoms with E-state index in [1.807, 2.05) is 16.8 Å². The molecular weight excluding hydrogens is 424 g/mol. The van der Waals surface area contributed by atoms with Gasteiger partial charge in [-0.05, 0) is 86.9 Å². The zero-order chi connectivity index (χ0) is 22.5. The minimum atomic E-state index is 0.496. The first-order chi connectivity index (χ1) is 16.8. The zero-order valence-electron chi connectivity index (χ0n) is 19.1. The number of pyridine rings is 1. The van der Waals surface area contributed by atoms with Crippen molar-refractivity contribution in [1.82, 2.24) is 19.6 Å². The van der Waals surface area contributed by atoms with Gasteiger partial charge in [0.25, 0.3) is 0 Å². The van der Waals surface area contributed by atoms with E-state index in [0.717, 1.165) is 52.1 Å². The Kier molecular flexibility index (Phi) is 4.67. The number of hydrogen-bond donors (Lipinski definition) is 2. The van der Waals surface area contributed by atoms with Gasteiger partial charge in [0.1, 0.15) is 17.3 Å². The number of nitrogens with one attached hydrogen (secondary N) is 2. The highest BCUT2D eigenvalue weighted by Gasteiger charge is 2.26. The summed E-state index contributed by atoms with van der Waals surface area (Å²) in [4.78, 5) is 9.34. The van der Waals surface area contributed by atoms with E-state index in [1.165, 1.54) is 38.5 Å². The number of aromatic nitrogens is 4. The maximum atomic E-state index is 5.96. The molecular formula is C27H28N6O. The van der Waals surface area contributed by atoms with Crippen LogP contribution in [0.15, 0.2) is 54.7 Å². The Balaban J connectivity index is 1.32. The molecule has 3 fully saturated rings. The van der Waals surface area contributed by atoms with Crippen LogP contribution in [0.1, 0.15) is 38.5 Å². The monoisotopic (exact) mass is 452 g/mol. The van der Waals surface area contributed by atoms with Gasteiger partial charge in [-0.2, -0.15) is 5.10 Å². The molecule has 3 saturated carbocycles. The van der Waals surface area contributed by atoms with Crippen molar-refractivity contribution in [3.63, 3.8) is 0 Å². The van der Waals surface area contributed by atoms with Crippen molar-refractivity contribution in [2.24, 2.45) is 5.92 Å². The van der Waals surface area contributed by atoms with Crippen molar-refractivity contribution >= 4 is 17.3 Å². The zero-order valence-corrected chi connectivity index (χ0v) is 19.1. The van der Waals surface area contributed by atoms with E-state index >= 15 is 0 Å². The maximum Gasteiger partial charge on any atom is 0.223 e. The normalized spacial score (nSPS) is 17.6. The van der Waals surface area contributed by atoms with Crippen LogP contribution in [0.3, 0.4) is 0 Å². The molecule has 3 aliphatic carbocycles. The smallest absolute Gasteiger partial charge is 0.223 e. The summed E-state index contributed by atoms with van der Waals surface area (Å²) in [5, 5.41) is 12.1. The number of hydrogen-bond acceptors (Lipinski definition) is 6. The van der Waals surface area contributed by atoms with Crippen LogP contribution in [-0.4, -0.2) is 38.3 Å². The Hall–Kier alpha value is -3.61. The summed E-state index contributed by atoms with van der Waals surface area (Å²) in [7, 11) is 0. The van der Waals surface area contributed by atoms with E-state index in [2.05, 4.69) is 58.1 Å². The van der Waals surface area contributed by atoms with Crippen molar-refractivity contribution in [2.45, 2.75) is 50.6 Å². The second-order valence-electron chi connectivity index (χ2n) is 9.81. The SMILES string of the molecule is c1cc(NC2CC2)n2nc(-c3ccc(OCC4CC4)cc3)c(-c3ccnc(NC4CC4)n3)c2c1. The fourth-order valence-corrected chi connectivity index (χ4v) is 4.26. The van der Waals surface area contributed by atoms with Gasteiger partial charge in [-0.15, -0.1) is 0 Å². The van der Waals surface area contributed by atoms with E-state index in [1.54, 1.807) is 0 Å². The summed E-state index contributed by atoms with van der Waals surface area (Å²) in [5.74, 6) is 3.34. The number of nitrogens with zero attached hydrogens (tertiary/aromatic N) is 4. The van der Waals surface area contributed by atoms with Crippen LogP contribution in [0.5, 0.6) is 5.75 Å². The Labute approximate surface area is 198 Å². The van der Waals surface area contributed by atoms with Crippen molar-refractivity contribution in [3.05, 3.63) is 54.7 Å². The third-order valence-electron chi connectivity index (χ3n) is 6.72. The van der Waals surface area contributed by atoms with Crippen LogP contribution in [0.25, 0.3) is 28.0 Å². The van der Waals surface area contributed by atoms with Gasteiger partial charge in [0.15, 0.2) is 0 Å². The van der Waals surface area contributed by atoms with E-state index in [-0.39, 0.29) is 0 Å². The van der Waals surface area contributed by atoms with Crippen LogP contribution in [0.4, 0.5) is 11.8 Å². The molecule has 3 aliphatic rings. The Morgan fingerprint density at radius 1 is 0.882 bits per heavy atom. The van der Waals surface area contributed by atoms with Gasteiger partial charge in [-0.25, -0.2) is 14.5 Å². The molecule has 2 N–H and O–H groups in total. The predicted octanol–water partition coefficient (Wildman–Crippen LogP) is 5.40. The third-order valence-corrected chi connectivity index (χ3v) is 6.72. The fourth-order valence-electron chi connectivity index (χ4n) is 4.26. The Morgan fingerprint density at radius 3 is 2.44 bits per heavy atom. The number of benzene rings is 1. The van der Waals surface area contributed by atoms with Gasteiger partial charge in [0.2, 0.25) is 5.95 Å². The van der Waals surface area contributed by atoms with Crippen LogP contribution in [-0.2, 0) is 0 Å². The first kappa shape index (κ1) is 19.8. The molecule has 3 heterocycles. The minimum absolute atomic E-state index is 0.496. The van der Waals surface area contributed by atoms with Crippen LogP contribution < -0.4 is 15.4 Å². The topological polar surface area (TPSA) is 76.4 Å². The lowest BCUT2D eigenvalue weighted by atomic mass is 10.0. The molecule has 0 bridgehead atoms. The highest BCUT2D eigenvalue weighted by atomic mass is 16.5. The first-order valence-electron chi connectivity index (χ1n) is 12.4. The average Bonchev–Trinajstić information content (AvgIpc) is 3.71. The molecule has 34 heavy (non-hydrogen) atoms. The van der Waals surface area contributed by atoms with Crippen LogP contribution in [0.2, 0.25) is 0 Å². The Bertz CT molecular complexity index is 1340. The average molecular weight is 453 g/mol. The van der Waals surface area contributed by atoms with Gasteiger partial charge in [-0.3, -0.25) is 0 Å². The largest absolute Gasteiger partial charge is 0.493 e. The number of anilines is 2. The maximum absolute atomic E-state index is 5.96. The molecule has 0 atom stereocenters. The quantitative estimate of drug-likeness (QED) is 0.354. The number of ether oxygens (including phenoxy) is 1. The van der Waals surface area contributed by atoms with Crippen LogP contribution in [0, 0.1) is 5.92 Å². The van der Waals surface area contributed by atoms with Crippen LogP contribution >= 0.6 is 0 Å². The van der Waals surface area contributed by atoms with Crippen molar-refractivity contribution in [1.29, 1.82) is 0 Å². The van der Waals surface area contributed by atoms with Gasteiger partial charge < -0.3 is 15.4 Å². The molecule has 0 saturated heterocycles. The fraction of sp³-hybridized carbons (Fsp3) is 0.370. The van der Waals surface area contributed by atoms with E-state index < -0.39 is 0 Å². The minimum Gasteiger partial charge on any atom is -0.493 e. The molecule has 3 aromatic heterocycles. The van der Waals surface area contributed by atoms with Crippen molar-refractivity contribution in [3.8, 4) is 28.3 Å². The first-order valence-corrected chi connectivity index (χ1v) is 12.4. The lowest BCUT2D eigenvalue weighted by Crippen LogP contribution is -2.06. The highest BCUT2D eigenvalue weighted by molar-refractivity contribution is 5.91. The van der Waals surface area contributed by atoms with Gasteiger partial charge >= 0.3 is 0 Å². The van der Waals surface area contributed by atoms with Gasteiger partial charge in [-0.1, -0.05) is 6.07 Å². The molecule has 1 aromatic carbocycles. The van der Waals surface area contributed by atoms with E-state index in [9.17, 15) is 0 Å². The molecule has 0 unspecified atom stereocenters. The summed E-state index contributed by atoms with van der Waals surface area (Å²) < 4.78 is 7.98.